The zero-order chi connectivity index (χ0) is 31.7. The van der Waals surface area contributed by atoms with Crippen LogP contribution >= 0.6 is 0 Å². The second-order valence-corrected chi connectivity index (χ2v) is 11.0. The molecule has 226 valence electrons. The number of anilines is 1. The van der Waals surface area contributed by atoms with Crippen molar-refractivity contribution in [3.05, 3.63) is 99.2 Å². The Balaban J connectivity index is 1.66. The number of amides is 1. The van der Waals surface area contributed by atoms with Crippen molar-refractivity contribution < 1.29 is 14.0 Å². The van der Waals surface area contributed by atoms with E-state index in [1.54, 1.807) is 44.3 Å². The molecule has 0 aliphatic rings. The Morgan fingerprint density at radius 2 is 1.82 bits per heavy atom. The van der Waals surface area contributed by atoms with Crippen LogP contribution in [0.1, 0.15) is 66.6 Å². The first kappa shape index (κ1) is 30.5. The minimum Gasteiger partial charge on any atom is -0.306 e. The molecule has 10 heteroatoms. The van der Waals surface area contributed by atoms with E-state index >= 15 is 0 Å². The van der Waals surface area contributed by atoms with Crippen LogP contribution in [0.2, 0.25) is 0 Å². The van der Waals surface area contributed by atoms with Crippen molar-refractivity contribution in [1.82, 2.24) is 24.1 Å². The first-order chi connectivity index (χ1) is 21.0. The number of benzene rings is 2. The molecule has 9 nitrogen and oxygen atoms in total. The monoisotopic (exact) mass is 594 g/mol. The third kappa shape index (κ3) is 5.79. The van der Waals surface area contributed by atoms with E-state index < -0.39 is 5.56 Å². The highest BCUT2D eigenvalue weighted by atomic mass is 19.1. The largest absolute Gasteiger partial charge is 0.306 e. The van der Waals surface area contributed by atoms with Gasteiger partial charge in [-0.15, -0.1) is 0 Å². The molecule has 1 N–H and O–H groups in total. The average molecular weight is 595 g/mol. The molecule has 5 aromatic rings. The van der Waals surface area contributed by atoms with Gasteiger partial charge in [0.2, 0.25) is 5.91 Å². The lowest BCUT2D eigenvalue weighted by Gasteiger charge is -2.18. The van der Waals surface area contributed by atoms with Gasteiger partial charge in [-0.3, -0.25) is 19.0 Å². The summed E-state index contributed by atoms with van der Waals surface area (Å²) >= 11 is 0. The van der Waals surface area contributed by atoms with Gasteiger partial charge in [-0.2, -0.15) is 0 Å². The van der Waals surface area contributed by atoms with E-state index in [-0.39, 0.29) is 35.8 Å². The predicted molar refractivity (Wildman–Crippen MR) is 169 cm³/mol. The summed E-state index contributed by atoms with van der Waals surface area (Å²) in [7, 11) is 0. The summed E-state index contributed by atoms with van der Waals surface area (Å²) in [5.74, 6) is 0.0426. The maximum atomic E-state index is 14.0. The topological polar surface area (TPSA) is 112 Å². The first-order valence-electron chi connectivity index (χ1n) is 14.7. The van der Waals surface area contributed by atoms with E-state index in [0.717, 1.165) is 22.0 Å². The Hall–Kier alpha value is -4.99. The van der Waals surface area contributed by atoms with Crippen molar-refractivity contribution in [3.8, 4) is 17.1 Å². The minimum absolute atomic E-state index is 0.00571. The molecule has 1 atom stereocenters. The number of hydrogen-bond donors (Lipinski definition) is 1. The Morgan fingerprint density at radius 1 is 1.05 bits per heavy atom. The minimum atomic E-state index is -0.499. The number of carbonyl (C=O) groups excluding carboxylic acids is 2. The number of aryl methyl sites for hydroxylation is 2. The molecule has 0 fully saturated rings. The van der Waals surface area contributed by atoms with Crippen LogP contribution in [0.3, 0.4) is 0 Å². The number of fused-ring (bicyclic) bond motifs is 1. The number of ketones is 1. The fraction of sp³-hybridized carbons (Fsp3) is 0.294. The van der Waals surface area contributed by atoms with Gasteiger partial charge in [-0.25, -0.2) is 19.3 Å². The molecule has 0 bridgehead atoms. The van der Waals surface area contributed by atoms with E-state index in [9.17, 15) is 18.8 Å². The van der Waals surface area contributed by atoms with E-state index in [0.29, 0.717) is 47.0 Å². The number of Topliss-reactive ketones (excluding diaryl/α,β-unsaturated/α-hetero) is 1. The molecule has 0 saturated carbocycles. The summed E-state index contributed by atoms with van der Waals surface area (Å²) in [5.41, 5.74) is 4.18. The Kier molecular flexibility index (Phi) is 8.53. The third-order valence-electron chi connectivity index (χ3n) is 8.00. The number of rotatable bonds is 9. The molecular weight excluding hydrogens is 559 g/mol. The lowest BCUT2D eigenvalue weighted by Crippen LogP contribution is -2.31. The van der Waals surface area contributed by atoms with Gasteiger partial charge in [0.25, 0.3) is 5.56 Å². The van der Waals surface area contributed by atoms with Crippen molar-refractivity contribution >= 4 is 28.4 Å². The fourth-order valence-electron chi connectivity index (χ4n) is 5.31. The molecule has 1 amide bonds. The maximum absolute atomic E-state index is 14.0. The average Bonchev–Trinajstić information content (AvgIpc) is 3.33. The van der Waals surface area contributed by atoms with Crippen LogP contribution in [0.15, 0.2) is 59.7 Å². The van der Waals surface area contributed by atoms with Gasteiger partial charge < -0.3 is 9.88 Å². The van der Waals surface area contributed by atoms with Gasteiger partial charge in [0.15, 0.2) is 11.6 Å². The predicted octanol–water partition coefficient (Wildman–Crippen LogP) is 6.33. The molecule has 0 radical (unpaired) electrons. The van der Waals surface area contributed by atoms with Crippen molar-refractivity contribution in [2.24, 2.45) is 5.92 Å². The Morgan fingerprint density at radius 3 is 2.55 bits per heavy atom. The Labute approximate surface area is 254 Å². The summed E-state index contributed by atoms with van der Waals surface area (Å²) < 4.78 is 17.4. The molecule has 3 aromatic heterocycles. The highest BCUT2D eigenvalue weighted by Gasteiger charge is 2.21. The Bertz CT molecular complexity index is 1980. The van der Waals surface area contributed by atoms with Gasteiger partial charge in [0, 0.05) is 41.1 Å². The van der Waals surface area contributed by atoms with Crippen LogP contribution < -0.4 is 10.9 Å². The zero-order valence-electron chi connectivity index (χ0n) is 25.7. The smallest absolute Gasteiger partial charge is 0.294 e. The van der Waals surface area contributed by atoms with Crippen LogP contribution in [0.25, 0.3) is 28.0 Å². The normalized spacial score (nSPS) is 12.0. The van der Waals surface area contributed by atoms with Crippen molar-refractivity contribution in [2.75, 3.05) is 5.32 Å². The first-order valence-corrected chi connectivity index (χ1v) is 14.7. The SMILES string of the molecule is CCC(=O)c1cccc(-c2cnc(NC(=O)[C@H](C)CC)c(=O)n2Cc2cc(-n3cc(C)c4cc(F)ccc43)nc(C)n2)c1C. The van der Waals surface area contributed by atoms with Gasteiger partial charge in [0.1, 0.15) is 17.5 Å². The molecule has 44 heavy (non-hydrogen) atoms. The van der Waals surface area contributed by atoms with Crippen LogP contribution in [0, 0.1) is 32.5 Å². The molecule has 3 heterocycles. The maximum Gasteiger partial charge on any atom is 0.294 e. The summed E-state index contributed by atoms with van der Waals surface area (Å²) in [4.78, 5) is 53.0. The molecule has 0 aliphatic heterocycles. The summed E-state index contributed by atoms with van der Waals surface area (Å²) in [6.45, 7) is 11.1. The standard InChI is InChI=1S/C34H35FN6O3/c1-7-19(3)33(43)39-32-34(44)41(29(16-36-32)25-10-9-11-26(21(25)5)30(42)8-2)18-24-15-31(38-22(6)37-24)40-17-20(4)27-14-23(35)12-13-28(27)40/h9-17,19H,7-8,18H2,1-6H3,(H,36,39,43)/t19-/m1/s1. The van der Waals surface area contributed by atoms with Gasteiger partial charge >= 0.3 is 0 Å². The van der Waals surface area contributed by atoms with Gasteiger partial charge in [-0.1, -0.05) is 39.0 Å². The number of carbonyl (C=O) groups is 2. The summed E-state index contributed by atoms with van der Waals surface area (Å²) in [5, 5.41) is 3.46. The van der Waals surface area contributed by atoms with E-state index in [2.05, 4.69) is 20.3 Å². The number of hydrogen-bond acceptors (Lipinski definition) is 6. The fourth-order valence-corrected chi connectivity index (χ4v) is 5.31. The second-order valence-electron chi connectivity index (χ2n) is 11.0. The molecule has 0 spiro atoms. The number of aromatic nitrogens is 5. The van der Waals surface area contributed by atoms with E-state index in [4.69, 9.17) is 0 Å². The van der Waals surface area contributed by atoms with Crippen LogP contribution in [0.4, 0.5) is 10.2 Å². The summed E-state index contributed by atoms with van der Waals surface area (Å²) in [6, 6.07) is 11.8. The highest BCUT2D eigenvalue weighted by molar-refractivity contribution is 5.99. The molecule has 0 saturated heterocycles. The van der Waals surface area contributed by atoms with Crippen LogP contribution in [0.5, 0.6) is 0 Å². The number of nitrogens with one attached hydrogen (secondary N) is 1. The highest BCUT2D eigenvalue weighted by Crippen LogP contribution is 2.28. The lowest BCUT2D eigenvalue weighted by molar-refractivity contribution is -0.119. The second kappa shape index (κ2) is 12.3. The van der Waals surface area contributed by atoms with E-state index in [1.165, 1.54) is 16.7 Å². The van der Waals surface area contributed by atoms with Crippen molar-refractivity contribution in [3.63, 3.8) is 0 Å². The van der Waals surface area contributed by atoms with E-state index in [1.807, 2.05) is 44.5 Å². The quantitative estimate of drug-likeness (QED) is 0.200. The summed E-state index contributed by atoms with van der Waals surface area (Å²) in [6.07, 6.45) is 4.39. The third-order valence-corrected chi connectivity index (χ3v) is 8.00. The van der Waals surface area contributed by atoms with Gasteiger partial charge in [0.05, 0.1) is 29.6 Å². The number of nitrogens with zero attached hydrogens (tertiary/aromatic N) is 5. The van der Waals surface area contributed by atoms with Crippen LogP contribution in [-0.2, 0) is 11.3 Å². The molecule has 5 rings (SSSR count). The molecule has 0 unspecified atom stereocenters. The van der Waals surface area contributed by atoms with Gasteiger partial charge in [-0.05, 0) is 56.5 Å². The zero-order valence-corrected chi connectivity index (χ0v) is 25.7. The molecular formula is C34H35FN6O3. The lowest BCUT2D eigenvalue weighted by atomic mass is 9.96. The molecule has 2 aromatic carbocycles. The van der Waals surface area contributed by atoms with Crippen molar-refractivity contribution in [1.29, 1.82) is 0 Å². The van der Waals surface area contributed by atoms with Crippen LogP contribution in [-0.4, -0.2) is 35.8 Å². The molecule has 0 aliphatic carbocycles. The van der Waals surface area contributed by atoms with Crippen molar-refractivity contribution in [2.45, 2.75) is 60.9 Å². The number of halogens is 1.